The number of thioether (sulfide) groups is 1. The number of hydrogen-bond acceptors (Lipinski definition) is 5. The minimum Gasteiger partial charge on any atom is -0.329 e. The fourth-order valence-electron chi connectivity index (χ4n) is 0.656. The van der Waals surface area contributed by atoms with Crippen molar-refractivity contribution in [2.45, 2.75) is 22.9 Å². The summed E-state index contributed by atoms with van der Waals surface area (Å²) >= 11 is 3.14. The molecule has 1 heterocycles. The Morgan fingerprint density at radius 2 is 2.64 bits per heavy atom. The van der Waals surface area contributed by atoms with E-state index in [9.17, 15) is 0 Å². The summed E-state index contributed by atoms with van der Waals surface area (Å²) in [5.41, 5.74) is 5.54. The van der Waals surface area contributed by atoms with Crippen molar-refractivity contribution in [1.29, 1.82) is 0 Å². The Morgan fingerprint density at radius 1 is 1.82 bits per heavy atom. The van der Waals surface area contributed by atoms with Crippen LogP contribution >= 0.6 is 23.3 Å². The van der Waals surface area contributed by atoms with Crippen LogP contribution in [0.15, 0.2) is 10.7 Å². The van der Waals surface area contributed by atoms with Gasteiger partial charge in [0, 0.05) is 11.8 Å². The molecule has 1 atom stereocenters. The Hall–Kier alpha value is -0.130. The summed E-state index contributed by atoms with van der Waals surface area (Å²) in [5.74, 6) is 0. The molecule has 0 aliphatic heterocycles. The van der Waals surface area contributed by atoms with Crippen molar-refractivity contribution in [3.8, 4) is 0 Å². The number of rotatable bonds is 4. The first kappa shape index (κ1) is 8.96. The van der Waals surface area contributed by atoms with Gasteiger partial charge in [0.25, 0.3) is 0 Å². The summed E-state index contributed by atoms with van der Waals surface area (Å²) in [6.07, 6.45) is 2.66. The SMILES string of the molecule is CCC(CN)Sc1ncns1. The maximum atomic E-state index is 5.54. The quantitative estimate of drug-likeness (QED) is 0.727. The molecule has 0 aliphatic carbocycles. The highest BCUT2D eigenvalue weighted by atomic mass is 32.2. The van der Waals surface area contributed by atoms with E-state index in [-0.39, 0.29) is 0 Å². The lowest BCUT2D eigenvalue weighted by molar-refractivity contribution is 0.826. The third kappa shape index (κ3) is 2.76. The number of hydrogen-bond donors (Lipinski definition) is 1. The molecule has 1 aromatic heterocycles. The molecule has 0 aromatic carbocycles. The van der Waals surface area contributed by atoms with Gasteiger partial charge in [-0.2, -0.15) is 4.37 Å². The molecule has 0 saturated carbocycles. The Balaban J connectivity index is 2.41. The van der Waals surface area contributed by atoms with Crippen molar-refractivity contribution in [2.24, 2.45) is 5.73 Å². The van der Waals surface area contributed by atoms with Crippen LogP contribution in [0.4, 0.5) is 0 Å². The molecule has 1 unspecified atom stereocenters. The van der Waals surface area contributed by atoms with Gasteiger partial charge in [-0.05, 0) is 18.0 Å². The Bertz CT molecular complexity index is 184. The average molecular weight is 189 g/mol. The minimum atomic E-state index is 0.489. The number of nitrogens with two attached hydrogens (primary N) is 1. The van der Waals surface area contributed by atoms with Crippen LogP contribution in [0.3, 0.4) is 0 Å². The summed E-state index contributed by atoms with van der Waals surface area (Å²) in [7, 11) is 0. The third-order valence-electron chi connectivity index (χ3n) is 1.33. The first-order valence-corrected chi connectivity index (χ1v) is 5.15. The van der Waals surface area contributed by atoms with Crippen molar-refractivity contribution >= 4 is 23.3 Å². The van der Waals surface area contributed by atoms with Gasteiger partial charge in [-0.1, -0.05) is 18.7 Å². The van der Waals surface area contributed by atoms with Crippen molar-refractivity contribution in [1.82, 2.24) is 9.36 Å². The average Bonchev–Trinajstić information content (AvgIpc) is 2.52. The molecule has 3 nitrogen and oxygen atoms in total. The predicted molar refractivity (Wildman–Crippen MR) is 48.9 cm³/mol. The van der Waals surface area contributed by atoms with Gasteiger partial charge in [-0.25, -0.2) is 4.98 Å². The lowest BCUT2D eigenvalue weighted by Gasteiger charge is -2.07. The van der Waals surface area contributed by atoms with E-state index >= 15 is 0 Å². The van der Waals surface area contributed by atoms with Crippen molar-refractivity contribution in [3.63, 3.8) is 0 Å². The van der Waals surface area contributed by atoms with E-state index in [0.717, 1.165) is 10.8 Å². The lowest BCUT2D eigenvalue weighted by Crippen LogP contribution is -2.15. The molecular formula is C6H11N3S2. The van der Waals surface area contributed by atoms with Gasteiger partial charge in [0.2, 0.25) is 0 Å². The largest absolute Gasteiger partial charge is 0.329 e. The van der Waals surface area contributed by atoms with E-state index in [2.05, 4.69) is 16.3 Å². The molecule has 0 spiro atoms. The molecule has 0 fully saturated rings. The zero-order valence-corrected chi connectivity index (χ0v) is 7.99. The molecule has 1 aromatic rings. The summed E-state index contributed by atoms with van der Waals surface area (Å²) in [5, 5.41) is 0.489. The highest BCUT2D eigenvalue weighted by Crippen LogP contribution is 2.24. The molecule has 62 valence electrons. The van der Waals surface area contributed by atoms with Crippen LogP contribution in [0, 0.1) is 0 Å². The normalized spacial score (nSPS) is 13.3. The minimum absolute atomic E-state index is 0.489. The predicted octanol–water partition coefficient (Wildman–Crippen LogP) is 1.37. The van der Waals surface area contributed by atoms with Gasteiger partial charge >= 0.3 is 0 Å². The van der Waals surface area contributed by atoms with Crippen molar-refractivity contribution < 1.29 is 0 Å². The van der Waals surface area contributed by atoms with E-state index in [1.807, 2.05) is 0 Å². The van der Waals surface area contributed by atoms with E-state index < -0.39 is 0 Å². The Labute approximate surface area is 74.6 Å². The van der Waals surface area contributed by atoms with Crippen LogP contribution in [0.2, 0.25) is 0 Å². The molecule has 0 aliphatic rings. The Morgan fingerprint density at radius 3 is 3.09 bits per heavy atom. The van der Waals surface area contributed by atoms with E-state index in [4.69, 9.17) is 5.73 Å². The van der Waals surface area contributed by atoms with Gasteiger partial charge in [-0.3, -0.25) is 0 Å². The van der Waals surface area contributed by atoms with Crippen LogP contribution in [0.25, 0.3) is 0 Å². The van der Waals surface area contributed by atoms with Crippen LogP contribution in [-0.4, -0.2) is 21.2 Å². The van der Waals surface area contributed by atoms with E-state index in [0.29, 0.717) is 11.8 Å². The molecule has 0 bridgehead atoms. The zero-order chi connectivity index (χ0) is 8.10. The monoisotopic (exact) mass is 189 g/mol. The molecular weight excluding hydrogens is 178 g/mol. The fourth-order valence-corrected chi connectivity index (χ4v) is 2.30. The van der Waals surface area contributed by atoms with Crippen LogP contribution in [-0.2, 0) is 0 Å². The summed E-state index contributed by atoms with van der Waals surface area (Å²) in [6, 6.07) is 0. The molecule has 5 heteroatoms. The molecule has 2 N–H and O–H groups in total. The van der Waals surface area contributed by atoms with E-state index in [1.54, 1.807) is 18.1 Å². The van der Waals surface area contributed by atoms with Crippen LogP contribution < -0.4 is 5.73 Å². The highest BCUT2D eigenvalue weighted by Gasteiger charge is 2.07. The number of aromatic nitrogens is 2. The first-order chi connectivity index (χ1) is 5.36. The smallest absolute Gasteiger partial charge is 0.170 e. The van der Waals surface area contributed by atoms with Crippen LogP contribution in [0.1, 0.15) is 13.3 Å². The second kappa shape index (κ2) is 4.69. The summed E-state index contributed by atoms with van der Waals surface area (Å²) < 4.78 is 4.93. The number of nitrogens with zero attached hydrogens (tertiary/aromatic N) is 2. The first-order valence-electron chi connectivity index (χ1n) is 3.50. The Kier molecular flexibility index (Phi) is 3.82. The standard InChI is InChI=1S/C6H11N3S2/c1-2-5(3-7)10-6-8-4-9-11-6/h4-5H,2-3,7H2,1H3. The lowest BCUT2D eigenvalue weighted by atomic mass is 10.3. The fraction of sp³-hybridized carbons (Fsp3) is 0.667. The summed E-state index contributed by atoms with van der Waals surface area (Å²) in [6.45, 7) is 2.84. The molecule has 0 amide bonds. The highest BCUT2D eigenvalue weighted by molar-refractivity contribution is 8.01. The van der Waals surface area contributed by atoms with E-state index in [1.165, 1.54) is 11.5 Å². The second-order valence-electron chi connectivity index (χ2n) is 2.09. The van der Waals surface area contributed by atoms with Gasteiger partial charge in [0.15, 0.2) is 4.34 Å². The van der Waals surface area contributed by atoms with Crippen LogP contribution in [0.5, 0.6) is 0 Å². The molecule has 1 rings (SSSR count). The zero-order valence-electron chi connectivity index (χ0n) is 6.36. The second-order valence-corrected chi connectivity index (χ2v) is 4.42. The third-order valence-corrected chi connectivity index (χ3v) is 3.47. The molecule has 0 saturated heterocycles. The van der Waals surface area contributed by atoms with Gasteiger partial charge in [-0.15, -0.1) is 0 Å². The molecule has 11 heavy (non-hydrogen) atoms. The van der Waals surface area contributed by atoms with Crippen molar-refractivity contribution in [2.75, 3.05) is 6.54 Å². The molecule has 0 radical (unpaired) electrons. The summed E-state index contributed by atoms with van der Waals surface area (Å²) in [4.78, 5) is 4.07. The maximum Gasteiger partial charge on any atom is 0.170 e. The van der Waals surface area contributed by atoms with Gasteiger partial charge in [0.1, 0.15) is 6.33 Å². The van der Waals surface area contributed by atoms with Gasteiger partial charge < -0.3 is 5.73 Å². The van der Waals surface area contributed by atoms with Crippen molar-refractivity contribution in [3.05, 3.63) is 6.33 Å². The topological polar surface area (TPSA) is 51.8 Å². The van der Waals surface area contributed by atoms with Gasteiger partial charge in [0.05, 0.1) is 0 Å². The maximum absolute atomic E-state index is 5.54.